The Kier molecular flexibility index (Phi) is 4.76. The normalized spacial score (nSPS) is 10.7. The Morgan fingerprint density at radius 3 is 2.90 bits per heavy atom. The second kappa shape index (κ2) is 6.54. The predicted octanol–water partition coefficient (Wildman–Crippen LogP) is 4.39. The smallest absolute Gasteiger partial charge is 0.328 e. The Bertz CT molecular complexity index is 673. The molecule has 2 rings (SSSR count). The second-order valence-electron chi connectivity index (χ2n) is 3.77. The first-order valence-corrected chi connectivity index (χ1v) is 6.71. The van der Waals surface area contributed by atoms with Crippen molar-refractivity contribution in [2.75, 3.05) is 0 Å². The number of para-hydroxylation sites is 1. The maximum atomic E-state index is 10.6. The van der Waals surface area contributed by atoms with Crippen molar-refractivity contribution in [2.24, 2.45) is 0 Å². The van der Waals surface area contributed by atoms with Crippen LogP contribution < -0.4 is 4.74 Å². The standard InChI is InChI=1S/C14H9BrClNO3/c15-10-6-11(8-17-7-10)20-14-9(4-5-13(18)19)2-1-3-12(14)16/h1-8H,(H,18,19)/b5-4+. The molecule has 0 aliphatic carbocycles. The van der Waals surface area contributed by atoms with Crippen LogP contribution in [0.3, 0.4) is 0 Å². The van der Waals surface area contributed by atoms with Gasteiger partial charge in [0.1, 0.15) is 5.75 Å². The van der Waals surface area contributed by atoms with Gasteiger partial charge in [0.2, 0.25) is 0 Å². The number of carbonyl (C=O) groups is 1. The minimum atomic E-state index is -1.04. The molecule has 0 atom stereocenters. The lowest BCUT2D eigenvalue weighted by molar-refractivity contribution is -0.131. The molecular formula is C14H9BrClNO3. The third-order valence-corrected chi connectivity index (χ3v) is 3.03. The number of hydrogen-bond acceptors (Lipinski definition) is 3. The molecule has 0 spiro atoms. The van der Waals surface area contributed by atoms with Crippen LogP contribution in [0.4, 0.5) is 0 Å². The van der Waals surface area contributed by atoms with Gasteiger partial charge >= 0.3 is 5.97 Å². The number of hydrogen-bond donors (Lipinski definition) is 1. The Labute approximate surface area is 128 Å². The van der Waals surface area contributed by atoms with Crippen LogP contribution in [0, 0.1) is 0 Å². The van der Waals surface area contributed by atoms with Crippen molar-refractivity contribution in [1.82, 2.24) is 4.98 Å². The Balaban J connectivity index is 2.37. The van der Waals surface area contributed by atoms with Gasteiger partial charge in [-0.2, -0.15) is 0 Å². The molecule has 0 bridgehead atoms. The molecule has 6 heteroatoms. The highest BCUT2D eigenvalue weighted by Gasteiger charge is 2.08. The maximum Gasteiger partial charge on any atom is 0.328 e. The van der Waals surface area contributed by atoms with Gasteiger partial charge in [0.25, 0.3) is 0 Å². The minimum absolute atomic E-state index is 0.381. The summed E-state index contributed by atoms with van der Waals surface area (Å²) in [5, 5.41) is 9.07. The van der Waals surface area contributed by atoms with E-state index in [1.165, 1.54) is 6.08 Å². The molecule has 0 radical (unpaired) electrons. The molecule has 2 aromatic rings. The topological polar surface area (TPSA) is 59.4 Å². The van der Waals surface area contributed by atoms with E-state index in [2.05, 4.69) is 20.9 Å². The monoisotopic (exact) mass is 353 g/mol. The molecule has 0 amide bonds. The van der Waals surface area contributed by atoms with Crippen molar-refractivity contribution in [1.29, 1.82) is 0 Å². The largest absolute Gasteiger partial charge is 0.478 e. The number of benzene rings is 1. The first-order chi connectivity index (χ1) is 9.56. The number of carboxylic acids is 1. The highest BCUT2D eigenvalue weighted by molar-refractivity contribution is 9.10. The molecule has 0 fully saturated rings. The van der Waals surface area contributed by atoms with E-state index in [4.69, 9.17) is 21.4 Å². The van der Waals surface area contributed by atoms with Crippen molar-refractivity contribution in [3.8, 4) is 11.5 Å². The summed E-state index contributed by atoms with van der Waals surface area (Å²) in [5.41, 5.74) is 0.569. The van der Waals surface area contributed by atoms with Crippen LogP contribution in [-0.2, 0) is 4.79 Å². The van der Waals surface area contributed by atoms with Crippen LogP contribution in [0.15, 0.2) is 47.2 Å². The van der Waals surface area contributed by atoms with Crippen molar-refractivity contribution in [2.45, 2.75) is 0 Å². The fraction of sp³-hybridized carbons (Fsp3) is 0. The number of aromatic nitrogens is 1. The molecule has 0 unspecified atom stereocenters. The number of aliphatic carboxylic acids is 1. The molecule has 102 valence electrons. The average molecular weight is 355 g/mol. The minimum Gasteiger partial charge on any atom is -0.478 e. The van der Waals surface area contributed by atoms with Crippen molar-refractivity contribution < 1.29 is 14.6 Å². The van der Waals surface area contributed by atoms with Crippen LogP contribution >= 0.6 is 27.5 Å². The van der Waals surface area contributed by atoms with E-state index in [0.29, 0.717) is 22.1 Å². The number of carboxylic acid groups (broad SMARTS) is 1. The lowest BCUT2D eigenvalue weighted by atomic mass is 10.2. The average Bonchev–Trinajstić information content (AvgIpc) is 2.39. The summed E-state index contributed by atoms with van der Waals surface area (Å²) in [4.78, 5) is 14.6. The molecule has 20 heavy (non-hydrogen) atoms. The van der Waals surface area contributed by atoms with Crippen molar-refractivity contribution >= 4 is 39.6 Å². The Morgan fingerprint density at radius 1 is 1.40 bits per heavy atom. The van der Waals surface area contributed by atoms with E-state index in [1.54, 1.807) is 36.7 Å². The molecular weight excluding hydrogens is 346 g/mol. The van der Waals surface area contributed by atoms with Crippen LogP contribution in [0.2, 0.25) is 5.02 Å². The van der Waals surface area contributed by atoms with Gasteiger partial charge in [-0.1, -0.05) is 23.7 Å². The predicted molar refractivity (Wildman–Crippen MR) is 80.1 cm³/mol. The molecule has 0 aliphatic rings. The molecule has 1 N–H and O–H groups in total. The second-order valence-corrected chi connectivity index (χ2v) is 5.09. The van der Waals surface area contributed by atoms with Crippen molar-refractivity contribution in [3.05, 3.63) is 57.8 Å². The highest BCUT2D eigenvalue weighted by Crippen LogP contribution is 2.34. The number of nitrogens with zero attached hydrogens (tertiary/aromatic N) is 1. The third kappa shape index (κ3) is 3.82. The summed E-state index contributed by atoms with van der Waals surface area (Å²) in [5.74, 6) is -0.163. The van der Waals surface area contributed by atoms with Gasteiger partial charge in [-0.3, -0.25) is 4.98 Å². The number of pyridine rings is 1. The summed E-state index contributed by atoms with van der Waals surface area (Å²) in [6, 6.07) is 6.84. The summed E-state index contributed by atoms with van der Waals surface area (Å²) in [6.45, 7) is 0. The van der Waals surface area contributed by atoms with E-state index < -0.39 is 5.97 Å². The van der Waals surface area contributed by atoms with Crippen molar-refractivity contribution in [3.63, 3.8) is 0 Å². The van der Waals surface area contributed by atoms with Gasteiger partial charge in [0.15, 0.2) is 5.75 Å². The van der Waals surface area contributed by atoms with Crippen LogP contribution in [0.1, 0.15) is 5.56 Å². The lowest BCUT2D eigenvalue weighted by Gasteiger charge is -2.10. The molecule has 4 nitrogen and oxygen atoms in total. The first-order valence-electron chi connectivity index (χ1n) is 5.54. The van der Waals surface area contributed by atoms with Crippen LogP contribution in [0.25, 0.3) is 6.08 Å². The molecule has 1 aromatic heterocycles. The number of rotatable bonds is 4. The SMILES string of the molecule is O=C(O)/C=C/c1cccc(Cl)c1Oc1cncc(Br)c1. The van der Waals surface area contributed by atoms with E-state index in [0.717, 1.165) is 10.5 Å². The number of halogens is 2. The van der Waals surface area contributed by atoms with E-state index in [9.17, 15) is 4.79 Å². The van der Waals surface area contributed by atoms with Crippen LogP contribution in [0.5, 0.6) is 11.5 Å². The Morgan fingerprint density at radius 2 is 2.20 bits per heavy atom. The van der Waals surface area contributed by atoms with E-state index >= 15 is 0 Å². The first kappa shape index (κ1) is 14.6. The van der Waals surface area contributed by atoms with Crippen LogP contribution in [-0.4, -0.2) is 16.1 Å². The summed E-state index contributed by atoms with van der Waals surface area (Å²) in [7, 11) is 0. The molecule has 0 saturated carbocycles. The summed E-state index contributed by atoms with van der Waals surface area (Å²) >= 11 is 9.39. The lowest BCUT2D eigenvalue weighted by Crippen LogP contribution is -1.91. The highest BCUT2D eigenvalue weighted by atomic mass is 79.9. The van der Waals surface area contributed by atoms with Gasteiger partial charge < -0.3 is 9.84 Å². The third-order valence-electron chi connectivity index (χ3n) is 2.30. The Hall–Kier alpha value is -1.85. The fourth-order valence-electron chi connectivity index (χ4n) is 1.49. The zero-order valence-electron chi connectivity index (χ0n) is 10.1. The van der Waals surface area contributed by atoms with Gasteiger partial charge in [0.05, 0.1) is 11.2 Å². The molecule has 1 heterocycles. The summed E-state index contributed by atoms with van der Waals surface area (Å²) < 4.78 is 6.45. The zero-order valence-corrected chi connectivity index (χ0v) is 12.4. The molecule has 0 aliphatic heterocycles. The quantitative estimate of drug-likeness (QED) is 0.827. The van der Waals surface area contributed by atoms with Gasteiger partial charge in [0, 0.05) is 22.3 Å². The van der Waals surface area contributed by atoms with Gasteiger partial charge in [-0.15, -0.1) is 0 Å². The number of ether oxygens (including phenoxy) is 1. The van der Waals surface area contributed by atoms with Gasteiger partial charge in [-0.25, -0.2) is 4.79 Å². The molecule has 1 aromatic carbocycles. The maximum absolute atomic E-state index is 10.6. The zero-order chi connectivity index (χ0) is 14.5. The summed E-state index contributed by atoms with van der Waals surface area (Å²) in [6.07, 6.45) is 5.62. The molecule has 0 saturated heterocycles. The van der Waals surface area contributed by atoms with E-state index in [1.807, 2.05) is 0 Å². The van der Waals surface area contributed by atoms with Gasteiger partial charge in [-0.05, 0) is 34.1 Å². The van der Waals surface area contributed by atoms with E-state index in [-0.39, 0.29) is 0 Å². The fourth-order valence-corrected chi connectivity index (χ4v) is 2.06.